The number of allylic oxidation sites excluding steroid dienone is 1. The third-order valence-corrected chi connectivity index (χ3v) is 7.73. The number of carbonyl (C=O) groups excluding carboxylic acids is 1. The van der Waals surface area contributed by atoms with E-state index in [9.17, 15) is 9.90 Å². The molecular formula is C29H32N2O4S. The number of aliphatic hydroxyl groups excluding tert-OH is 1. The number of amides is 1. The number of aliphatic hydroxyl groups is 1. The molecule has 0 aliphatic carbocycles. The Balaban J connectivity index is 1.22. The first-order chi connectivity index (χ1) is 17.7. The summed E-state index contributed by atoms with van der Waals surface area (Å²) in [6.45, 7) is 4.34. The third kappa shape index (κ3) is 6.23. The van der Waals surface area contributed by atoms with Crippen molar-refractivity contribution in [2.45, 2.75) is 38.4 Å². The van der Waals surface area contributed by atoms with Gasteiger partial charge in [0.2, 0.25) is 6.29 Å². The fraction of sp³-hybridized carbons (Fsp3) is 0.345. The smallest absolute Gasteiger partial charge is 0.288 e. The summed E-state index contributed by atoms with van der Waals surface area (Å²) in [5, 5.41) is 11.3. The number of carbonyl (C=O) groups is 1. The van der Waals surface area contributed by atoms with E-state index in [1.165, 1.54) is 10.4 Å². The van der Waals surface area contributed by atoms with Crippen LogP contribution < -0.4 is 0 Å². The van der Waals surface area contributed by atoms with E-state index < -0.39 is 6.29 Å². The monoisotopic (exact) mass is 504 g/mol. The quantitative estimate of drug-likeness (QED) is 0.489. The molecule has 2 aliphatic rings. The van der Waals surface area contributed by atoms with Crippen molar-refractivity contribution in [3.63, 3.8) is 0 Å². The number of piperazine rings is 1. The van der Waals surface area contributed by atoms with Crippen LogP contribution in [0.15, 0.2) is 83.9 Å². The molecule has 3 aromatic rings. The second-order valence-electron chi connectivity index (χ2n) is 9.28. The summed E-state index contributed by atoms with van der Waals surface area (Å²) < 4.78 is 12.2. The molecule has 1 N–H and O–H groups in total. The number of hydrogen-bond donors (Lipinski definition) is 1. The van der Waals surface area contributed by atoms with Crippen LogP contribution in [-0.2, 0) is 34.0 Å². The molecule has 2 atom stereocenters. The van der Waals surface area contributed by atoms with Crippen LogP contribution in [0.5, 0.6) is 0 Å². The summed E-state index contributed by atoms with van der Waals surface area (Å²) in [6.07, 6.45) is 2.13. The molecule has 1 saturated heterocycles. The van der Waals surface area contributed by atoms with Crippen LogP contribution in [0, 0.1) is 0 Å². The molecule has 1 amide bonds. The molecule has 36 heavy (non-hydrogen) atoms. The lowest BCUT2D eigenvalue weighted by atomic mass is 9.99. The van der Waals surface area contributed by atoms with Crippen LogP contribution >= 0.6 is 11.3 Å². The van der Waals surface area contributed by atoms with Crippen molar-refractivity contribution in [1.29, 1.82) is 0 Å². The minimum atomic E-state index is -0.502. The summed E-state index contributed by atoms with van der Waals surface area (Å²) in [5.41, 5.74) is 3.16. The number of benzene rings is 2. The largest absolute Gasteiger partial charge is 0.459 e. The van der Waals surface area contributed by atoms with Gasteiger partial charge >= 0.3 is 0 Å². The molecule has 2 aliphatic heterocycles. The van der Waals surface area contributed by atoms with Crippen molar-refractivity contribution < 1.29 is 19.4 Å². The van der Waals surface area contributed by atoms with Crippen LogP contribution in [0.1, 0.15) is 33.9 Å². The predicted octanol–water partition coefficient (Wildman–Crippen LogP) is 4.52. The Morgan fingerprint density at radius 3 is 2.39 bits per heavy atom. The molecule has 0 spiro atoms. The minimum Gasteiger partial charge on any atom is -0.459 e. The fourth-order valence-electron chi connectivity index (χ4n) is 4.65. The number of nitrogens with zero attached hydrogens (tertiary/aromatic N) is 2. The molecule has 2 aromatic carbocycles. The first kappa shape index (κ1) is 24.7. The maximum absolute atomic E-state index is 13.5. The SMILES string of the molecule is O=C(C1=C[C@@H](c2cccs2)C[C@@H](OCc2ccc(CO)cc2)O1)N1CCN(Cc2ccccc2)CC1. The van der Waals surface area contributed by atoms with Crippen molar-refractivity contribution in [2.24, 2.45) is 0 Å². The van der Waals surface area contributed by atoms with E-state index in [-0.39, 0.29) is 18.4 Å². The summed E-state index contributed by atoms with van der Waals surface area (Å²) >= 11 is 1.69. The van der Waals surface area contributed by atoms with Gasteiger partial charge in [0.15, 0.2) is 5.76 Å². The van der Waals surface area contributed by atoms with Gasteiger partial charge in [-0.25, -0.2) is 0 Å². The lowest BCUT2D eigenvalue weighted by Crippen LogP contribution is -2.49. The fourth-order valence-corrected chi connectivity index (χ4v) is 5.46. The highest BCUT2D eigenvalue weighted by Crippen LogP contribution is 2.34. The van der Waals surface area contributed by atoms with Crippen LogP contribution in [0.4, 0.5) is 0 Å². The first-order valence-corrected chi connectivity index (χ1v) is 13.3. The van der Waals surface area contributed by atoms with E-state index >= 15 is 0 Å². The van der Waals surface area contributed by atoms with Crippen LogP contribution in [0.25, 0.3) is 0 Å². The van der Waals surface area contributed by atoms with E-state index in [2.05, 4.69) is 40.6 Å². The van der Waals surface area contributed by atoms with Crippen LogP contribution in [-0.4, -0.2) is 53.3 Å². The average Bonchev–Trinajstić information content (AvgIpc) is 3.48. The molecule has 0 unspecified atom stereocenters. The summed E-state index contributed by atoms with van der Waals surface area (Å²) in [7, 11) is 0. The number of thiophene rings is 1. The maximum Gasteiger partial charge on any atom is 0.288 e. The highest BCUT2D eigenvalue weighted by molar-refractivity contribution is 7.10. The third-order valence-electron chi connectivity index (χ3n) is 6.73. The van der Waals surface area contributed by atoms with Crippen molar-refractivity contribution >= 4 is 17.2 Å². The number of rotatable bonds is 8. The van der Waals surface area contributed by atoms with E-state index in [1.807, 2.05) is 47.4 Å². The zero-order chi connectivity index (χ0) is 24.7. The molecule has 188 valence electrons. The maximum atomic E-state index is 13.5. The Labute approximate surface area is 216 Å². The van der Waals surface area contributed by atoms with Gasteiger partial charge < -0.3 is 19.5 Å². The van der Waals surface area contributed by atoms with Gasteiger partial charge in [-0.2, -0.15) is 0 Å². The molecule has 3 heterocycles. The van der Waals surface area contributed by atoms with Gasteiger partial charge in [-0.15, -0.1) is 11.3 Å². The topological polar surface area (TPSA) is 62.2 Å². The Morgan fingerprint density at radius 1 is 0.944 bits per heavy atom. The second-order valence-corrected chi connectivity index (χ2v) is 10.3. The lowest BCUT2D eigenvalue weighted by molar-refractivity contribution is -0.157. The highest BCUT2D eigenvalue weighted by Gasteiger charge is 2.32. The van der Waals surface area contributed by atoms with E-state index in [4.69, 9.17) is 9.47 Å². The van der Waals surface area contributed by atoms with Gasteiger partial charge in [0, 0.05) is 49.9 Å². The van der Waals surface area contributed by atoms with Crippen LogP contribution in [0.3, 0.4) is 0 Å². The lowest BCUT2D eigenvalue weighted by Gasteiger charge is -2.36. The Bertz CT molecular complexity index is 1140. The Kier molecular flexibility index (Phi) is 8.13. The zero-order valence-electron chi connectivity index (χ0n) is 20.3. The van der Waals surface area contributed by atoms with E-state index in [1.54, 1.807) is 11.3 Å². The molecule has 1 fully saturated rings. The molecule has 0 radical (unpaired) electrons. The summed E-state index contributed by atoms with van der Waals surface area (Å²) in [6, 6.07) is 22.3. The molecule has 0 bridgehead atoms. The molecule has 0 saturated carbocycles. The van der Waals surface area contributed by atoms with Crippen molar-refractivity contribution in [1.82, 2.24) is 9.80 Å². The van der Waals surface area contributed by atoms with Gasteiger partial charge in [0.05, 0.1) is 13.2 Å². The number of ether oxygens (including phenoxy) is 2. The first-order valence-electron chi connectivity index (χ1n) is 12.5. The van der Waals surface area contributed by atoms with Crippen molar-refractivity contribution in [3.05, 3.63) is 106 Å². The summed E-state index contributed by atoms with van der Waals surface area (Å²) in [5.74, 6) is 0.409. The van der Waals surface area contributed by atoms with Crippen molar-refractivity contribution in [2.75, 3.05) is 26.2 Å². The van der Waals surface area contributed by atoms with Gasteiger partial charge in [0.25, 0.3) is 5.91 Å². The average molecular weight is 505 g/mol. The van der Waals surface area contributed by atoms with E-state index in [0.717, 1.165) is 30.8 Å². The minimum absolute atomic E-state index is 0.0200. The Hall–Kier alpha value is -2.97. The van der Waals surface area contributed by atoms with Gasteiger partial charge in [-0.3, -0.25) is 9.69 Å². The van der Waals surface area contributed by atoms with Crippen molar-refractivity contribution in [3.8, 4) is 0 Å². The molecule has 6 nitrogen and oxygen atoms in total. The predicted molar refractivity (Wildman–Crippen MR) is 140 cm³/mol. The molecule has 5 rings (SSSR count). The summed E-state index contributed by atoms with van der Waals surface area (Å²) in [4.78, 5) is 19.0. The molecule has 1 aromatic heterocycles. The molecular weight excluding hydrogens is 472 g/mol. The van der Waals surface area contributed by atoms with Gasteiger partial charge in [0.1, 0.15) is 0 Å². The highest BCUT2D eigenvalue weighted by atomic mass is 32.1. The normalized spacial score (nSPS) is 20.6. The molecule has 7 heteroatoms. The van der Waals surface area contributed by atoms with Crippen LogP contribution in [0.2, 0.25) is 0 Å². The van der Waals surface area contributed by atoms with E-state index in [0.29, 0.717) is 31.9 Å². The Morgan fingerprint density at radius 2 is 1.69 bits per heavy atom. The standard InChI is InChI=1S/C29H32N2O4S/c32-20-23-8-10-24(11-9-23)21-34-28-18-25(27-7-4-16-36-27)17-26(35-28)29(33)31-14-12-30(13-15-31)19-22-5-2-1-3-6-22/h1-11,16-17,25,28,32H,12-15,18-21H2/t25-,28+/m1/s1. The number of hydrogen-bond acceptors (Lipinski definition) is 6. The second kappa shape index (κ2) is 11.8. The van der Waals surface area contributed by atoms with Gasteiger partial charge in [-0.05, 0) is 34.2 Å². The van der Waals surface area contributed by atoms with Gasteiger partial charge in [-0.1, -0.05) is 60.7 Å². The zero-order valence-corrected chi connectivity index (χ0v) is 21.1.